The molecule has 2 unspecified atom stereocenters. The van der Waals surface area contributed by atoms with Gasteiger partial charge in [-0.15, -0.1) is 0 Å². The Morgan fingerprint density at radius 2 is 2.05 bits per heavy atom. The van der Waals surface area contributed by atoms with Crippen molar-refractivity contribution in [1.29, 1.82) is 0 Å². The van der Waals surface area contributed by atoms with E-state index >= 15 is 0 Å². The lowest BCUT2D eigenvalue weighted by molar-refractivity contribution is 0.117. The van der Waals surface area contributed by atoms with Crippen LogP contribution in [-0.2, 0) is 10.0 Å². The second-order valence-electron chi connectivity index (χ2n) is 5.78. The zero-order chi connectivity index (χ0) is 13.9. The van der Waals surface area contributed by atoms with E-state index in [0.717, 1.165) is 32.5 Å². The lowest BCUT2D eigenvalue weighted by Crippen LogP contribution is -2.57. The van der Waals surface area contributed by atoms with Crippen molar-refractivity contribution in [2.24, 2.45) is 0 Å². The number of hydrogen-bond acceptors (Lipinski definition) is 4. The highest BCUT2D eigenvalue weighted by atomic mass is 32.2. The first-order chi connectivity index (χ1) is 9.04. The molecule has 2 heterocycles. The van der Waals surface area contributed by atoms with Crippen LogP contribution in [0, 0.1) is 0 Å². The Labute approximate surface area is 117 Å². The summed E-state index contributed by atoms with van der Waals surface area (Å²) >= 11 is 0. The van der Waals surface area contributed by atoms with Crippen LogP contribution in [0.2, 0.25) is 0 Å². The van der Waals surface area contributed by atoms with E-state index in [-0.39, 0.29) is 11.8 Å². The molecule has 0 amide bonds. The molecule has 1 N–H and O–H groups in total. The number of sulfonamides is 1. The fourth-order valence-electron chi connectivity index (χ4n) is 3.17. The number of hydrogen-bond donors (Lipinski definition) is 1. The van der Waals surface area contributed by atoms with Crippen molar-refractivity contribution in [3.63, 3.8) is 0 Å². The van der Waals surface area contributed by atoms with E-state index in [2.05, 4.69) is 17.1 Å². The van der Waals surface area contributed by atoms with Crippen LogP contribution < -0.4 is 5.32 Å². The van der Waals surface area contributed by atoms with Crippen molar-refractivity contribution in [1.82, 2.24) is 14.5 Å². The second-order valence-corrected chi connectivity index (χ2v) is 7.82. The molecule has 2 saturated heterocycles. The summed E-state index contributed by atoms with van der Waals surface area (Å²) in [6.07, 6.45) is 3.40. The van der Waals surface area contributed by atoms with Crippen LogP contribution in [0.4, 0.5) is 0 Å². The second kappa shape index (κ2) is 6.52. The van der Waals surface area contributed by atoms with Crippen LogP contribution in [0.5, 0.6) is 0 Å². The minimum absolute atomic E-state index is 0.116. The van der Waals surface area contributed by atoms with Gasteiger partial charge >= 0.3 is 0 Å². The summed E-state index contributed by atoms with van der Waals surface area (Å²) in [5, 5.41) is 3.18. The largest absolute Gasteiger partial charge is 0.316 e. The summed E-state index contributed by atoms with van der Waals surface area (Å²) in [7, 11) is -3.11. The van der Waals surface area contributed by atoms with Gasteiger partial charge in [-0.05, 0) is 39.3 Å². The fraction of sp³-hybridized carbons (Fsp3) is 1.00. The van der Waals surface area contributed by atoms with Gasteiger partial charge in [0.1, 0.15) is 0 Å². The Morgan fingerprint density at radius 3 is 2.79 bits per heavy atom. The molecule has 2 atom stereocenters. The van der Waals surface area contributed by atoms with Crippen molar-refractivity contribution >= 4 is 10.0 Å². The third-order valence-electron chi connectivity index (χ3n) is 4.20. The molecule has 0 aromatic carbocycles. The predicted molar refractivity (Wildman–Crippen MR) is 77.7 cm³/mol. The van der Waals surface area contributed by atoms with Crippen molar-refractivity contribution in [3.8, 4) is 0 Å². The Morgan fingerprint density at radius 1 is 1.26 bits per heavy atom. The van der Waals surface area contributed by atoms with Gasteiger partial charge in [-0.25, -0.2) is 8.42 Å². The first kappa shape index (κ1) is 15.2. The molecule has 0 radical (unpaired) electrons. The molecule has 2 rings (SSSR count). The number of fused-ring (bicyclic) bond motifs is 1. The highest BCUT2D eigenvalue weighted by Crippen LogP contribution is 2.26. The molecular weight excluding hydrogens is 262 g/mol. The summed E-state index contributed by atoms with van der Waals surface area (Å²) in [6, 6.07) is 0.570. The minimum atomic E-state index is -3.11. The topological polar surface area (TPSA) is 52.7 Å². The number of rotatable bonds is 6. The number of nitrogens with one attached hydrogen (secondary N) is 1. The van der Waals surface area contributed by atoms with Gasteiger partial charge in [0.2, 0.25) is 10.0 Å². The average Bonchev–Trinajstić information content (AvgIpc) is 2.80. The molecule has 19 heavy (non-hydrogen) atoms. The maximum Gasteiger partial charge on any atom is 0.215 e. The maximum atomic E-state index is 12.4. The quantitative estimate of drug-likeness (QED) is 0.723. The fourth-order valence-corrected chi connectivity index (χ4v) is 4.82. The molecular formula is C13H27N3O2S. The van der Waals surface area contributed by atoms with Gasteiger partial charge in [-0.2, -0.15) is 4.31 Å². The summed E-state index contributed by atoms with van der Waals surface area (Å²) < 4.78 is 26.6. The molecule has 2 aliphatic heterocycles. The normalized spacial score (nSPS) is 29.6. The van der Waals surface area contributed by atoms with E-state index in [4.69, 9.17) is 0 Å². The Bertz CT molecular complexity index is 385. The van der Waals surface area contributed by atoms with Crippen molar-refractivity contribution < 1.29 is 8.42 Å². The van der Waals surface area contributed by atoms with E-state index in [1.165, 1.54) is 6.42 Å². The first-order valence-corrected chi connectivity index (χ1v) is 9.10. The van der Waals surface area contributed by atoms with Crippen molar-refractivity contribution in [2.75, 3.05) is 38.5 Å². The van der Waals surface area contributed by atoms with Crippen LogP contribution in [0.15, 0.2) is 0 Å². The van der Waals surface area contributed by atoms with E-state index in [1.807, 2.05) is 6.92 Å². The third kappa shape index (κ3) is 3.68. The Hall–Kier alpha value is -0.170. The van der Waals surface area contributed by atoms with E-state index in [0.29, 0.717) is 19.1 Å². The van der Waals surface area contributed by atoms with Crippen LogP contribution in [0.25, 0.3) is 0 Å². The SMILES string of the molecule is CCCNCCS(=O)(=O)N1CC2CCCN2CC1C. The van der Waals surface area contributed by atoms with Gasteiger partial charge in [0, 0.05) is 31.7 Å². The van der Waals surface area contributed by atoms with E-state index in [1.54, 1.807) is 4.31 Å². The van der Waals surface area contributed by atoms with Gasteiger partial charge in [0.25, 0.3) is 0 Å². The molecule has 5 nitrogen and oxygen atoms in total. The highest BCUT2D eigenvalue weighted by Gasteiger charge is 2.39. The molecule has 0 bridgehead atoms. The molecule has 2 fully saturated rings. The molecule has 0 aromatic rings. The monoisotopic (exact) mass is 289 g/mol. The zero-order valence-electron chi connectivity index (χ0n) is 12.1. The van der Waals surface area contributed by atoms with E-state index in [9.17, 15) is 8.42 Å². The first-order valence-electron chi connectivity index (χ1n) is 7.49. The standard InChI is InChI=1S/C13H27N3O2S/c1-3-6-14-7-9-19(17,18)16-11-13-5-4-8-15(13)10-12(16)2/h12-14H,3-11H2,1-2H3. The van der Waals surface area contributed by atoms with Crippen LogP contribution in [0.1, 0.15) is 33.1 Å². The summed E-state index contributed by atoms with van der Waals surface area (Å²) in [4.78, 5) is 2.45. The molecule has 0 saturated carbocycles. The lowest BCUT2D eigenvalue weighted by atomic mass is 10.1. The van der Waals surface area contributed by atoms with Gasteiger partial charge in [0.15, 0.2) is 0 Å². The van der Waals surface area contributed by atoms with E-state index < -0.39 is 10.0 Å². The molecule has 0 aromatic heterocycles. The predicted octanol–water partition coefficient (Wildman–Crippen LogP) is 0.484. The molecule has 6 heteroatoms. The van der Waals surface area contributed by atoms with Crippen molar-refractivity contribution in [2.45, 2.75) is 45.2 Å². The third-order valence-corrected chi connectivity index (χ3v) is 6.14. The van der Waals surface area contributed by atoms with Gasteiger partial charge in [0.05, 0.1) is 5.75 Å². The summed E-state index contributed by atoms with van der Waals surface area (Å²) in [5.41, 5.74) is 0. The van der Waals surface area contributed by atoms with Crippen LogP contribution in [0.3, 0.4) is 0 Å². The van der Waals surface area contributed by atoms with Crippen LogP contribution >= 0.6 is 0 Å². The van der Waals surface area contributed by atoms with Gasteiger partial charge in [-0.1, -0.05) is 6.92 Å². The van der Waals surface area contributed by atoms with Crippen molar-refractivity contribution in [3.05, 3.63) is 0 Å². The maximum absolute atomic E-state index is 12.4. The zero-order valence-corrected chi connectivity index (χ0v) is 13.0. The molecule has 2 aliphatic rings. The Kier molecular flexibility index (Phi) is 5.22. The molecule has 0 aliphatic carbocycles. The van der Waals surface area contributed by atoms with Crippen LogP contribution in [-0.4, -0.2) is 68.2 Å². The average molecular weight is 289 g/mol. The number of nitrogens with zero attached hydrogens (tertiary/aromatic N) is 2. The Balaban J connectivity index is 1.91. The molecule has 0 spiro atoms. The van der Waals surface area contributed by atoms with Gasteiger partial charge in [-0.3, -0.25) is 4.90 Å². The highest BCUT2D eigenvalue weighted by molar-refractivity contribution is 7.89. The summed E-state index contributed by atoms with van der Waals surface area (Å²) in [5.74, 6) is 0.226. The smallest absolute Gasteiger partial charge is 0.215 e. The summed E-state index contributed by atoms with van der Waals surface area (Å²) in [6.45, 7) is 8.30. The minimum Gasteiger partial charge on any atom is -0.316 e. The lowest BCUT2D eigenvalue weighted by Gasteiger charge is -2.41. The van der Waals surface area contributed by atoms with Gasteiger partial charge < -0.3 is 5.32 Å². The number of piperazine rings is 1. The molecule has 112 valence electrons.